The molecule has 1 atom stereocenters. The Balaban J connectivity index is 2.92. The first-order chi connectivity index (χ1) is 9.31. The van der Waals surface area contributed by atoms with Crippen LogP contribution in [-0.4, -0.2) is 24.2 Å². The van der Waals surface area contributed by atoms with Gasteiger partial charge in [0.05, 0.1) is 5.92 Å². The summed E-state index contributed by atoms with van der Waals surface area (Å²) in [7, 11) is 0. The van der Waals surface area contributed by atoms with E-state index in [0.29, 0.717) is 19.0 Å². The van der Waals surface area contributed by atoms with E-state index in [1.807, 2.05) is 6.92 Å². The highest BCUT2D eigenvalue weighted by molar-refractivity contribution is 5.70. The molecule has 1 aromatic carbocycles. The number of nitrogens with zero attached hydrogens (tertiary/aromatic N) is 1. The zero-order valence-corrected chi connectivity index (χ0v) is 12.9. The molecule has 1 N–H and O–H groups in total. The van der Waals surface area contributed by atoms with Gasteiger partial charge in [-0.1, -0.05) is 45.1 Å². The highest BCUT2D eigenvalue weighted by atomic mass is 16.4. The molecule has 0 aliphatic carbocycles. The summed E-state index contributed by atoms with van der Waals surface area (Å²) in [6.45, 7) is 13.1. The van der Waals surface area contributed by atoms with Gasteiger partial charge in [-0.15, -0.1) is 0 Å². The smallest absolute Gasteiger partial charge is 0.308 e. The first-order valence-corrected chi connectivity index (χ1v) is 7.03. The molecule has 3 nitrogen and oxygen atoms in total. The fourth-order valence-corrected chi connectivity index (χ4v) is 2.07. The minimum Gasteiger partial charge on any atom is -0.481 e. The largest absolute Gasteiger partial charge is 0.481 e. The van der Waals surface area contributed by atoms with Crippen molar-refractivity contribution in [3.05, 3.63) is 42.0 Å². The second kappa shape index (κ2) is 7.13. The number of carboxylic acid groups (broad SMARTS) is 1. The Morgan fingerprint density at radius 1 is 1.25 bits per heavy atom. The zero-order valence-electron chi connectivity index (χ0n) is 12.9. The van der Waals surface area contributed by atoms with Crippen molar-refractivity contribution in [3.63, 3.8) is 0 Å². The van der Waals surface area contributed by atoms with Crippen LogP contribution >= 0.6 is 0 Å². The van der Waals surface area contributed by atoms with Crippen LogP contribution < -0.4 is 4.90 Å². The van der Waals surface area contributed by atoms with Gasteiger partial charge in [0.15, 0.2) is 0 Å². The first kappa shape index (κ1) is 16.3. The van der Waals surface area contributed by atoms with Crippen LogP contribution in [0.3, 0.4) is 0 Å². The van der Waals surface area contributed by atoms with Gasteiger partial charge in [-0.2, -0.15) is 0 Å². The highest BCUT2D eigenvalue weighted by Crippen LogP contribution is 2.21. The van der Waals surface area contributed by atoms with Gasteiger partial charge in [-0.05, 0) is 30.5 Å². The van der Waals surface area contributed by atoms with Crippen LogP contribution in [0.4, 0.5) is 5.69 Å². The fourth-order valence-electron chi connectivity index (χ4n) is 2.07. The van der Waals surface area contributed by atoms with E-state index in [2.05, 4.69) is 49.6 Å². The first-order valence-electron chi connectivity index (χ1n) is 7.03. The molecule has 0 bridgehead atoms. The molecule has 0 fully saturated rings. The Morgan fingerprint density at radius 2 is 1.80 bits per heavy atom. The molecule has 1 aromatic rings. The minimum absolute atomic E-state index is 0.404. The molecule has 20 heavy (non-hydrogen) atoms. The number of aliphatic carboxylic acids is 1. The van der Waals surface area contributed by atoms with Crippen molar-refractivity contribution in [2.45, 2.75) is 33.6 Å². The minimum atomic E-state index is -0.768. The SMILES string of the molecule is C=C(C)CN(CC(C)C(=O)O)c1ccc(C(C)C)cc1. The lowest BCUT2D eigenvalue weighted by atomic mass is 10.0. The van der Waals surface area contributed by atoms with Crippen molar-refractivity contribution in [1.82, 2.24) is 0 Å². The number of benzene rings is 1. The van der Waals surface area contributed by atoms with Crippen LogP contribution in [0.1, 0.15) is 39.2 Å². The summed E-state index contributed by atoms with van der Waals surface area (Å²) < 4.78 is 0. The van der Waals surface area contributed by atoms with Gasteiger partial charge in [-0.25, -0.2) is 0 Å². The van der Waals surface area contributed by atoms with E-state index in [4.69, 9.17) is 5.11 Å². The Kier molecular flexibility index (Phi) is 5.81. The summed E-state index contributed by atoms with van der Waals surface area (Å²) in [6.07, 6.45) is 0. The summed E-state index contributed by atoms with van der Waals surface area (Å²) in [5.74, 6) is -0.675. The Bertz CT molecular complexity index is 462. The van der Waals surface area contributed by atoms with E-state index in [0.717, 1.165) is 11.3 Å². The Morgan fingerprint density at radius 3 is 2.20 bits per heavy atom. The Labute approximate surface area is 121 Å². The molecule has 0 aromatic heterocycles. The average molecular weight is 275 g/mol. The van der Waals surface area contributed by atoms with Crippen LogP contribution in [-0.2, 0) is 4.79 Å². The maximum atomic E-state index is 11.0. The summed E-state index contributed by atoms with van der Waals surface area (Å²) in [4.78, 5) is 13.1. The predicted molar refractivity (Wildman–Crippen MR) is 84.4 cm³/mol. The van der Waals surface area contributed by atoms with Crippen LogP contribution in [0.25, 0.3) is 0 Å². The van der Waals surface area contributed by atoms with E-state index in [-0.39, 0.29) is 0 Å². The number of hydrogen-bond donors (Lipinski definition) is 1. The van der Waals surface area contributed by atoms with Gasteiger partial charge in [0, 0.05) is 18.8 Å². The van der Waals surface area contributed by atoms with E-state index in [1.165, 1.54) is 5.56 Å². The molecule has 1 unspecified atom stereocenters. The number of carboxylic acids is 1. The third-order valence-electron chi connectivity index (χ3n) is 3.30. The van der Waals surface area contributed by atoms with Crippen molar-refractivity contribution in [3.8, 4) is 0 Å². The highest BCUT2D eigenvalue weighted by Gasteiger charge is 2.16. The molecule has 0 heterocycles. The van der Waals surface area contributed by atoms with Gasteiger partial charge in [0.25, 0.3) is 0 Å². The summed E-state index contributed by atoms with van der Waals surface area (Å²) in [5.41, 5.74) is 3.36. The summed E-state index contributed by atoms with van der Waals surface area (Å²) in [5, 5.41) is 9.08. The quantitative estimate of drug-likeness (QED) is 0.767. The molecular formula is C17H25NO2. The van der Waals surface area contributed by atoms with Crippen LogP contribution in [0.2, 0.25) is 0 Å². The molecule has 0 saturated carbocycles. The van der Waals surface area contributed by atoms with Crippen LogP contribution in [0, 0.1) is 5.92 Å². The van der Waals surface area contributed by atoms with Crippen molar-refractivity contribution < 1.29 is 9.90 Å². The van der Waals surface area contributed by atoms with Gasteiger partial charge in [0.1, 0.15) is 0 Å². The lowest BCUT2D eigenvalue weighted by Crippen LogP contribution is -2.33. The molecule has 0 amide bonds. The Hall–Kier alpha value is -1.77. The van der Waals surface area contributed by atoms with Crippen LogP contribution in [0.5, 0.6) is 0 Å². The van der Waals surface area contributed by atoms with Crippen molar-refractivity contribution in [1.29, 1.82) is 0 Å². The predicted octanol–water partition coefficient (Wildman–Crippen LogP) is 3.91. The number of anilines is 1. The van der Waals surface area contributed by atoms with Crippen LogP contribution in [0.15, 0.2) is 36.4 Å². The maximum Gasteiger partial charge on any atom is 0.308 e. The molecule has 0 aliphatic heterocycles. The third kappa shape index (κ3) is 4.72. The lowest BCUT2D eigenvalue weighted by molar-refractivity contribution is -0.140. The molecular weight excluding hydrogens is 250 g/mol. The van der Waals surface area contributed by atoms with Crippen molar-refractivity contribution in [2.24, 2.45) is 5.92 Å². The number of hydrogen-bond acceptors (Lipinski definition) is 2. The van der Waals surface area contributed by atoms with Gasteiger partial charge in [-0.3, -0.25) is 4.79 Å². The zero-order chi connectivity index (χ0) is 15.3. The average Bonchev–Trinajstić information content (AvgIpc) is 2.37. The second-order valence-corrected chi connectivity index (χ2v) is 5.82. The van der Waals surface area contributed by atoms with Gasteiger partial charge < -0.3 is 10.0 Å². The molecule has 110 valence electrons. The second-order valence-electron chi connectivity index (χ2n) is 5.82. The molecule has 0 saturated heterocycles. The third-order valence-corrected chi connectivity index (χ3v) is 3.30. The summed E-state index contributed by atoms with van der Waals surface area (Å²) >= 11 is 0. The lowest BCUT2D eigenvalue weighted by Gasteiger charge is -2.27. The van der Waals surface area contributed by atoms with Gasteiger partial charge in [0.2, 0.25) is 0 Å². The van der Waals surface area contributed by atoms with Crippen molar-refractivity contribution in [2.75, 3.05) is 18.0 Å². The molecule has 0 aliphatic rings. The number of rotatable bonds is 7. The summed E-state index contributed by atoms with van der Waals surface area (Å²) in [6, 6.07) is 8.34. The molecule has 0 radical (unpaired) electrons. The standard InChI is InChI=1S/C17H25NO2/c1-12(2)10-18(11-14(5)17(19)20)16-8-6-15(7-9-16)13(3)4/h6-9,13-14H,1,10-11H2,2-5H3,(H,19,20). The topological polar surface area (TPSA) is 40.5 Å². The van der Waals surface area contributed by atoms with E-state index < -0.39 is 11.9 Å². The molecule has 3 heteroatoms. The maximum absolute atomic E-state index is 11.0. The molecule has 1 rings (SSSR count). The normalized spacial score (nSPS) is 12.2. The van der Waals surface area contributed by atoms with Gasteiger partial charge >= 0.3 is 5.97 Å². The van der Waals surface area contributed by atoms with Crippen molar-refractivity contribution >= 4 is 11.7 Å². The number of carbonyl (C=O) groups is 1. The van der Waals surface area contributed by atoms with E-state index in [1.54, 1.807) is 6.92 Å². The monoisotopic (exact) mass is 275 g/mol. The molecule has 0 spiro atoms. The van der Waals surface area contributed by atoms with E-state index >= 15 is 0 Å². The van der Waals surface area contributed by atoms with E-state index in [9.17, 15) is 4.79 Å². The fraction of sp³-hybridized carbons (Fsp3) is 0.471.